The number of anilines is 1. The zero-order valence-electron chi connectivity index (χ0n) is 12.2. The first-order valence-electron chi connectivity index (χ1n) is 7.05. The summed E-state index contributed by atoms with van der Waals surface area (Å²) in [5.74, 6) is 0.859. The molecule has 1 aliphatic heterocycles. The van der Waals surface area contributed by atoms with Crippen LogP contribution in [0.2, 0.25) is 5.02 Å². The van der Waals surface area contributed by atoms with Crippen molar-refractivity contribution in [3.63, 3.8) is 0 Å². The Morgan fingerprint density at radius 1 is 1.14 bits per heavy atom. The van der Waals surface area contributed by atoms with Crippen LogP contribution in [0.15, 0.2) is 47.5 Å². The van der Waals surface area contributed by atoms with Crippen LogP contribution < -0.4 is 9.64 Å². The molecule has 0 spiro atoms. The van der Waals surface area contributed by atoms with E-state index in [0.717, 1.165) is 30.1 Å². The molecule has 1 heterocycles. The highest BCUT2D eigenvalue weighted by Gasteiger charge is 2.18. The fraction of sp³-hybridized carbons (Fsp3) is 0.235. The molecule has 114 valence electrons. The summed E-state index contributed by atoms with van der Waals surface area (Å²) in [7, 11) is 1.67. The lowest BCUT2D eigenvalue weighted by Crippen LogP contribution is -2.25. The number of methoxy groups -OCH3 is 1. The van der Waals surface area contributed by atoms with Gasteiger partial charge in [0.25, 0.3) is 0 Å². The lowest BCUT2D eigenvalue weighted by Gasteiger charge is -2.25. The van der Waals surface area contributed by atoms with Crippen molar-refractivity contribution in [3.05, 3.63) is 58.6 Å². The highest BCUT2D eigenvalue weighted by molar-refractivity contribution is 6.70. The van der Waals surface area contributed by atoms with Crippen molar-refractivity contribution in [3.8, 4) is 5.75 Å². The average molecular weight is 335 g/mol. The maximum atomic E-state index is 6.28. The van der Waals surface area contributed by atoms with Crippen molar-refractivity contribution >= 4 is 34.1 Å². The number of hydrogen-bond acceptors (Lipinski definition) is 3. The second kappa shape index (κ2) is 6.59. The summed E-state index contributed by atoms with van der Waals surface area (Å²) in [6.45, 7) is 2.27. The van der Waals surface area contributed by atoms with E-state index in [-0.39, 0.29) is 0 Å². The molecule has 5 heteroatoms. The van der Waals surface area contributed by atoms with Gasteiger partial charge in [-0.15, -0.1) is 0 Å². The Bertz CT molecular complexity index is 698. The van der Waals surface area contributed by atoms with Crippen LogP contribution in [-0.4, -0.2) is 25.4 Å². The molecule has 22 heavy (non-hydrogen) atoms. The van der Waals surface area contributed by atoms with Gasteiger partial charge >= 0.3 is 0 Å². The van der Waals surface area contributed by atoms with Crippen LogP contribution in [0.3, 0.4) is 0 Å². The predicted molar refractivity (Wildman–Crippen MR) is 92.8 cm³/mol. The van der Waals surface area contributed by atoms with Crippen LogP contribution in [0.25, 0.3) is 0 Å². The summed E-state index contributed by atoms with van der Waals surface area (Å²) in [5, 5.41) is 1.19. The van der Waals surface area contributed by atoms with Crippen molar-refractivity contribution in [2.75, 3.05) is 25.1 Å². The second-order valence-corrected chi connectivity index (χ2v) is 5.90. The van der Waals surface area contributed by atoms with E-state index in [2.05, 4.69) is 22.0 Å². The summed E-state index contributed by atoms with van der Waals surface area (Å²) in [4.78, 5) is 6.66. The molecule has 0 saturated heterocycles. The van der Waals surface area contributed by atoms with Crippen molar-refractivity contribution in [1.29, 1.82) is 0 Å². The molecule has 2 aromatic rings. The quantitative estimate of drug-likeness (QED) is 0.833. The lowest BCUT2D eigenvalue weighted by atomic mass is 10.1. The number of rotatable bonds is 3. The number of ether oxygens (including phenoxy) is 1. The number of halogens is 2. The molecule has 3 nitrogen and oxygen atoms in total. The number of benzodiazepines with no additional fused rings is 1. The summed E-state index contributed by atoms with van der Waals surface area (Å²) in [5.41, 5.74) is 3.16. The van der Waals surface area contributed by atoms with E-state index in [1.165, 1.54) is 5.56 Å². The topological polar surface area (TPSA) is 24.8 Å². The van der Waals surface area contributed by atoms with Crippen molar-refractivity contribution < 1.29 is 4.74 Å². The van der Waals surface area contributed by atoms with Gasteiger partial charge in [-0.25, -0.2) is 0 Å². The SMILES string of the molecule is COc1ccc(CN2CCN=C(Cl)c3cc(Cl)ccc32)cc1. The van der Waals surface area contributed by atoms with Crippen molar-refractivity contribution in [2.45, 2.75) is 6.54 Å². The van der Waals surface area contributed by atoms with Crippen LogP contribution >= 0.6 is 23.2 Å². The maximum Gasteiger partial charge on any atom is 0.133 e. The van der Waals surface area contributed by atoms with E-state index in [4.69, 9.17) is 27.9 Å². The van der Waals surface area contributed by atoms with E-state index < -0.39 is 0 Å². The zero-order chi connectivity index (χ0) is 15.5. The van der Waals surface area contributed by atoms with Crippen LogP contribution in [0.4, 0.5) is 5.69 Å². The first-order chi connectivity index (χ1) is 10.7. The minimum absolute atomic E-state index is 0.523. The molecule has 0 atom stereocenters. The molecule has 0 N–H and O–H groups in total. The Kier molecular flexibility index (Phi) is 4.55. The van der Waals surface area contributed by atoms with Gasteiger partial charge < -0.3 is 9.64 Å². The Balaban J connectivity index is 1.90. The van der Waals surface area contributed by atoms with Crippen LogP contribution in [0.1, 0.15) is 11.1 Å². The first kappa shape index (κ1) is 15.2. The summed E-state index contributed by atoms with van der Waals surface area (Å²) in [6.07, 6.45) is 0. The molecule has 3 rings (SSSR count). The lowest BCUT2D eigenvalue weighted by molar-refractivity contribution is 0.414. The van der Waals surface area contributed by atoms with Gasteiger partial charge in [0.05, 0.1) is 13.7 Å². The zero-order valence-corrected chi connectivity index (χ0v) is 13.7. The number of hydrogen-bond donors (Lipinski definition) is 0. The van der Waals surface area contributed by atoms with Crippen molar-refractivity contribution in [1.82, 2.24) is 0 Å². The summed E-state index contributed by atoms with van der Waals surface area (Å²) in [6, 6.07) is 13.8. The van der Waals surface area contributed by atoms with Gasteiger partial charge in [0.2, 0.25) is 0 Å². The largest absolute Gasteiger partial charge is 0.497 e. The molecular formula is C17H16Cl2N2O. The Morgan fingerprint density at radius 3 is 2.64 bits per heavy atom. The Labute approximate surface area is 140 Å². The predicted octanol–water partition coefficient (Wildman–Crippen LogP) is 4.35. The minimum Gasteiger partial charge on any atom is -0.497 e. The van der Waals surface area contributed by atoms with E-state index in [0.29, 0.717) is 16.7 Å². The molecule has 0 fully saturated rings. The van der Waals surface area contributed by atoms with Gasteiger partial charge in [0.1, 0.15) is 10.9 Å². The average Bonchev–Trinajstić information content (AvgIpc) is 2.68. The smallest absolute Gasteiger partial charge is 0.133 e. The molecule has 0 amide bonds. The highest BCUT2D eigenvalue weighted by Crippen LogP contribution is 2.29. The minimum atomic E-state index is 0.523. The highest BCUT2D eigenvalue weighted by atomic mass is 35.5. The molecule has 2 aromatic carbocycles. The third-order valence-corrected chi connectivity index (χ3v) is 4.23. The van der Waals surface area contributed by atoms with Crippen molar-refractivity contribution in [2.24, 2.45) is 4.99 Å². The maximum absolute atomic E-state index is 6.28. The Morgan fingerprint density at radius 2 is 1.91 bits per heavy atom. The number of fused-ring (bicyclic) bond motifs is 1. The summed E-state index contributed by atoms with van der Waals surface area (Å²) >= 11 is 12.4. The number of nitrogens with zero attached hydrogens (tertiary/aromatic N) is 2. The van der Waals surface area contributed by atoms with E-state index in [9.17, 15) is 0 Å². The first-order valence-corrected chi connectivity index (χ1v) is 7.81. The molecule has 1 aliphatic rings. The monoisotopic (exact) mass is 334 g/mol. The second-order valence-electron chi connectivity index (χ2n) is 5.10. The number of benzene rings is 2. The van der Waals surface area contributed by atoms with E-state index in [1.807, 2.05) is 30.3 Å². The molecule has 0 saturated carbocycles. The standard InChI is InChI=1S/C17H16Cl2N2O/c1-22-14-5-2-12(3-6-14)11-21-9-8-20-17(19)15-10-13(18)4-7-16(15)21/h2-7,10H,8-9,11H2,1H3. The molecule has 0 radical (unpaired) electrons. The molecule has 0 bridgehead atoms. The van der Waals surface area contributed by atoms with Gasteiger partial charge in [-0.1, -0.05) is 35.3 Å². The fourth-order valence-electron chi connectivity index (χ4n) is 2.54. The number of aliphatic imine (C=N–C) groups is 1. The fourth-order valence-corrected chi connectivity index (χ4v) is 2.95. The van der Waals surface area contributed by atoms with E-state index in [1.54, 1.807) is 7.11 Å². The van der Waals surface area contributed by atoms with Gasteiger partial charge in [-0.05, 0) is 35.9 Å². The molecular weight excluding hydrogens is 319 g/mol. The normalized spacial score (nSPS) is 14.1. The Hall–Kier alpha value is -1.71. The van der Waals surface area contributed by atoms with Crippen LogP contribution in [-0.2, 0) is 6.54 Å². The summed E-state index contributed by atoms with van der Waals surface area (Å²) < 4.78 is 5.20. The van der Waals surface area contributed by atoms with Gasteiger partial charge in [-0.3, -0.25) is 4.99 Å². The molecule has 0 aliphatic carbocycles. The van der Waals surface area contributed by atoms with Crippen LogP contribution in [0.5, 0.6) is 5.75 Å². The van der Waals surface area contributed by atoms with Crippen LogP contribution in [0, 0.1) is 0 Å². The van der Waals surface area contributed by atoms with Gasteiger partial charge in [0.15, 0.2) is 0 Å². The molecule has 0 aromatic heterocycles. The van der Waals surface area contributed by atoms with E-state index >= 15 is 0 Å². The third kappa shape index (κ3) is 3.21. The van der Waals surface area contributed by atoms with Gasteiger partial charge in [0, 0.05) is 29.4 Å². The van der Waals surface area contributed by atoms with Gasteiger partial charge in [-0.2, -0.15) is 0 Å². The third-order valence-electron chi connectivity index (χ3n) is 3.67. The molecule has 0 unspecified atom stereocenters.